The topological polar surface area (TPSA) is 29.5 Å². The monoisotopic (exact) mass is 228 g/mol. The van der Waals surface area contributed by atoms with Gasteiger partial charge in [0, 0.05) is 6.42 Å². The fourth-order valence-corrected chi connectivity index (χ4v) is 1.71. The van der Waals surface area contributed by atoms with Crippen LogP contribution in [0.2, 0.25) is 0 Å². The first-order valence-electron chi connectivity index (χ1n) is 5.75. The third-order valence-electron chi connectivity index (χ3n) is 2.56. The van der Waals surface area contributed by atoms with Gasteiger partial charge in [-0.1, -0.05) is 48.5 Å². The Morgan fingerprint density at radius 1 is 0.882 bits per heavy atom. The van der Waals surface area contributed by atoms with Gasteiger partial charge in [-0.25, -0.2) is 0 Å². The van der Waals surface area contributed by atoms with Crippen LogP contribution in [0.25, 0.3) is 0 Å². The maximum Gasteiger partial charge on any atom is 0.126 e. The maximum absolute atomic E-state index is 9.32. The first kappa shape index (κ1) is 11.7. The quantitative estimate of drug-likeness (QED) is 0.852. The van der Waals surface area contributed by atoms with Crippen molar-refractivity contribution in [3.8, 4) is 5.75 Å². The molecule has 0 radical (unpaired) electrons. The van der Waals surface area contributed by atoms with Gasteiger partial charge in [0.05, 0.1) is 6.61 Å². The SMILES string of the molecule is OCC(Cc1ccccc1)Oc1ccccc1. The van der Waals surface area contributed by atoms with Crippen LogP contribution in [0.15, 0.2) is 60.7 Å². The van der Waals surface area contributed by atoms with E-state index in [0.717, 1.165) is 5.75 Å². The molecule has 0 saturated carbocycles. The number of ether oxygens (including phenoxy) is 1. The molecule has 17 heavy (non-hydrogen) atoms. The lowest BCUT2D eigenvalue weighted by Gasteiger charge is -2.16. The van der Waals surface area contributed by atoms with E-state index in [1.807, 2.05) is 60.7 Å². The summed E-state index contributed by atoms with van der Waals surface area (Å²) in [5, 5.41) is 9.32. The van der Waals surface area contributed by atoms with Crippen LogP contribution in [0.3, 0.4) is 0 Å². The van der Waals surface area contributed by atoms with Crippen molar-refractivity contribution < 1.29 is 9.84 Å². The van der Waals surface area contributed by atoms with Gasteiger partial charge in [-0.05, 0) is 17.7 Å². The zero-order valence-corrected chi connectivity index (χ0v) is 9.62. The second-order valence-corrected chi connectivity index (χ2v) is 3.93. The van der Waals surface area contributed by atoms with E-state index in [1.54, 1.807) is 0 Å². The van der Waals surface area contributed by atoms with Crippen LogP contribution < -0.4 is 4.74 Å². The summed E-state index contributed by atoms with van der Waals surface area (Å²) in [5.41, 5.74) is 1.17. The van der Waals surface area contributed by atoms with Crippen LogP contribution in [0.4, 0.5) is 0 Å². The summed E-state index contributed by atoms with van der Waals surface area (Å²) in [7, 11) is 0. The van der Waals surface area contributed by atoms with E-state index < -0.39 is 0 Å². The third-order valence-corrected chi connectivity index (χ3v) is 2.56. The predicted octanol–water partition coefficient (Wildman–Crippen LogP) is 2.67. The summed E-state index contributed by atoms with van der Waals surface area (Å²) >= 11 is 0. The number of benzene rings is 2. The molecule has 0 aliphatic heterocycles. The summed E-state index contributed by atoms with van der Waals surface area (Å²) in [6.45, 7) is 0.0176. The average Bonchev–Trinajstić information content (AvgIpc) is 2.40. The highest BCUT2D eigenvalue weighted by molar-refractivity contribution is 5.22. The van der Waals surface area contributed by atoms with Crippen molar-refractivity contribution in [2.45, 2.75) is 12.5 Å². The number of aliphatic hydroxyl groups is 1. The molecule has 0 spiro atoms. The molecule has 0 bridgehead atoms. The number of aliphatic hydroxyl groups excluding tert-OH is 1. The summed E-state index contributed by atoms with van der Waals surface area (Å²) in [6.07, 6.45) is 0.520. The van der Waals surface area contributed by atoms with E-state index in [4.69, 9.17) is 4.74 Å². The van der Waals surface area contributed by atoms with Crippen molar-refractivity contribution in [3.63, 3.8) is 0 Å². The lowest BCUT2D eigenvalue weighted by molar-refractivity contribution is 0.116. The van der Waals surface area contributed by atoms with Crippen molar-refractivity contribution in [3.05, 3.63) is 66.2 Å². The molecular formula is C15H16O2. The fourth-order valence-electron chi connectivity index (χ4n) is 1.71. The van der Waals surface area contributed by atoms with Crippen molar-refractivity contribution >= 4 is 0 Å². The van der Waals surface area contributed by atoms with Crippen LogP contribution in [0, 0.1) is 0 Å². The summed E-state index contributed by atoms with van der Waals surface area (Å²) in [4.78, 5) is 0. The first-order chi connectivity index (χ1) is 8.38. The Kier molecular flexibility index (Phi) is 4.17. The Labute approximate surface area is 101 Å². The number of hydrogen-bond acceptors (Lipinski definition) is 2. The minimum Gasteiger partial charge on any atom is -0.488 e. The molecule has 0 saturated heterocycles. The van der Waals surface area contributed by atoms with Gasteiger partial charge in [0.15, 0.2) is 0 Å². The highest BCUT2D eigenvalue weighted by atomic mass is 16.5. The Bertz CT molecular complexity index is 384. The van der Waals surface area contributed by atoms with Crippen molar-refractivity contribution in [1.82, 2.24) is 0 Å². The molecule has 1 N–H and O–H groups in total. The predicted molar refractivity (Wildman–Crippen MR) is 68.1 cm³/mol. The minimum absolute atomic E-state index is 0.0176. The molecule has 88 valence electrons. The number of rotatable bonds is 5. The smallest absolute Gasteiger partial charge is 0.126 e. The second-order valence-electron chi connectivity index (χ2n) is 3.93. The van der Waals surface area contributed by atoms with E-state index in [-0.39, 0.29) is 12.7 Å². The molecule has 2 aromatic rings. The largest absolute Gasteiger partial charge is 0.488 e. The van der Waals surface area contributed by atoms with Crippen molar-refractivity contribution in [2.24, 2.45) is 0 Å². The van der Waals surface area contributed by atoms with Crippen LogP contribution in [0.1, 0.15) is 5.56 Å². The van der Waals surface area contributed by atoms with E-state index in [2.05, 4.69) is 0 Å². The maximum atomic E-state index is 9.32. The highest BCUT2D eigenvalue weighted by Crippen LogP contribution is 2.13. The van der Waals surface area contributed by atoms with Gasteiger partial charge in [-0.15, -0.1) is 0 Å². The molecule has 1 unspecified atom stereocenters. The van der Waals surface area contributed by atoms with Gasteiger partial charge in [0.25, 0.3) is 0 Å². The van der Waals surface area contributed by atoms with Crippen LogP contribution in [0.5, 0.6) is 5.75 Å². The van der Waals surface area contributed by atoms with Crippen molar-refractivity contribution in [1.29, 1.82) is 0 Å². The molecule has 1 atom stereocenters. The molecular weight excluding hydrogens is 212 g/mol. The van der Waals surface area contributed by atoms with E-state index in [0.29, 0.717) is 6.42 Å². The molecule has 0 aromatic heterocycles. The minimum atomic E-state index is -0.195. The number of hydrogen-bond donors (Lipinski definition) is 1. The molecule has 0 amide bonds. The highest BCUT2D eigenvalue weighted by Gasteiger charge is 2.09. The average molecular weight is 228 g/mol. The summed E-state index contributed by atoms with van der Waals surface area (Å²) in [6, 6.07) is 19.6. The van der Waals surface area contributed by atoms with Gasteiger partial charge >= 0.3 is 0 Å². The molecule has 0 aliphatic carbocycles. The van der Waals surface area contributed by atoms with E-state index in [1.165, 1.54) is 5.56 Å². The summed E-state index contributed by atoms with van der Waals surface area (Å²) < 4.78 is 5.72. The molecule has 2 aromatic carbocycles. The van der Waals surface area contributed by atoms with E-state index in [9.17, 15) is 5.11 Å². The lowest BCUT2D eigenvalue weighted by Crippen LogP contribution is -2.23. The Hall–Kier alpha value is -1.80. The molecule has 0 fully saturated rings. The van der Waals surface area contributed by atoms with Gasteiger partial charge < -0.3 is 9.84 Å². The van der Waals surface area contributed by atoms with Crippen molar-refractivity contribution in [2.75, 3.05) is 6.61 Å². The Morgan fingerprint density at radius 2 is 1.47 bits per heavy atom. The molecule has 2 heteroatoms. The molecule has 2 nitrogen and oxygen atoms in total. The van der Waals surface area contributed by atoms with Crippen LogP contribution in [-0.2, 0) is 6.42 Å². The Morgan fingerprint density at radius 3 is 2.06 bits per heavy atom. The molecule has 0 heterocycles. The van der Waals surface area contributed by atoms with Gasteiger partial charge in [0.2, 0.25) is 0 Å². The van der Waals surface area contributed by atoms with Gasteiger partial charge in [0.1, 0.15) is 11.9 Å². The summed E-state index contributed by atoms with van der Waals surface area (Å²) in [5.74, 6) is 0.794. The van der Waals surface area contributed by atoms with Crippen LogP contribution >= 0.6 is 0 Å². The standard InChI is InChI=1S/C15H16O2/c16-12-15(11-13-7-3-1-4-8-13)17-14-9-5-2-6-10-14/h1-10,15-16H,11-12H2. The molecule has 0 aliphatic rings. The van der Waals surface area contributed by atoms with Gasteiger partial charge in [-0.2, -0.15) is 0 Å². The molecule has 2 rings (SSSR count). The van der Waals surface area contributed by atoms with E-state index >= 15 is 0 Å². The fraction of sp³-hybridized carbons (Fsp3) is 0.200. The lowest BCUT2D eigenvalue weighted by atomic mass is 10.1. The Balaban J connectivity index is 1.98. The van der Waals surface area contributed by atoms with Crippen LogP contribution in [-0.4, -0.2) is 17.8 Å². The third kappa shape index (κ3) is 3.61. The normalized spacial score (nSPS) is 12.1. The number of para-hydroxylation sites is 1. The van der Waals surface area contributed by atoms with Gasteiger partial charge in [-0.3, -0.25) is 0 Å². The zero-order valence-electron chi connectivity index (χ0n) is 9.62. The second kappa shape index (κ2) is 6.06. The zero-order chi connectivity index (χ0) is 11.9. The first-order valence-corrected chi connectivity index (χ1v) is 5.75.